The van der Waals surface area contributed by atoms with Gasteiger partial charge in [-0.15, -0.1) is 0 Å². The largest absolute Gasteiger partial charge is 0.485 e. The van der Waals surface area contributed by atoms with Gasteiger partial charge in [0, 0.05) is 13.2 Å². The van der Waals surface area contributed by atoms with E-state index in [0.717, 1.165) is 26.8 Å². The molecule has 102 valence electrons. The lowest BCUT2D eigenvalue weighted by Gasteiger charge is -2.11. The molecule has 0 radical (unpaired) electrons. The number of nitrogens with two attached hydrogens (primary N) is 1. The first-order valence-electron chi connectivity index (χ1n) is 5.89. The number of rotatable bonds is 5. The molecule has 0 saturated heterocycles. The van der Waals surface area contributed by atoms with Crippen LogP contribution in [0, 0.1) is 0 Å². The van der Waals surface area contributed by atoms with E-state index in [1.54, 1.807) is 4.68 Å². The molecule has 4 nitrogen and oxygen atoms in total. The van der Waals surface area contributed by atoms with Gasteiger partial charge < -0.3 is 10.5 Å². The Morgan fingerprint density at radius 1 is 1.32 bits per heavy atom. The normalized spacial score (nSPS) is 10.7. The molecule has 0 aliphatic rings. The third-order valence-electron chi connectivity index (χ3n) is 2.62. The number of benzene rings is 1. The van der Waals surface area contributed by atoms with Crippen LogP contribution < -0.4 is 10.5 Å². The Kier molecular flexibility index (Phi) is 5.01. The molecule has 19 heavy (non-hydrogen) atoms. The van der Waals surface area contributed by atoms with Crippen molar-refractivity contribution in [3.63, 3.8) is 0 Å². The van der Waals surface area contributed by atoms with Gasteiger partial charge >= 0.3 is 0 Å². The van der Waals surface area contributed by atoms with Crippen LogP contribution in [0.25, 0.3) is 0 Å². The molecule has 0 spiro atoms. The van der Waals surface area contributed by atoms with Crippen LogP contribution in [0.4, 0.5) is 0 Å². The van der Waals surface area contributed by atoms with E-state index in [0.29, 0.717) is 13.2 Å². The lowest BCUT2D eigenvalue weighted by molar-refractivity contribution is 0.296. The molecular formula is C13H15Br2N3O. The molecule has 0 bridgehead atoms. The predicted molar refractivity (Wildman–Crippen MR) is 82.1 cm³/mol. The van der Waals surface area contributed by atoms with Crippen LogP contribution in [0.5, 0.6) is 5.75 Å². The molecule has 1 aromatic heterocycles. The standard InChI is InChI=1S/C13H15Br2N3O/c1-18-5-3-10(17-18)8-19-13-11(14)6-9(2-4-16)7-12(13)15/h3,5-7H,2,4,8,16H2,1H3. The summed E-state index contributed by atoms with van der Waals surface area (Å²) in [4.78, 5) is 0. The third kappa shape index (κ3) is 3.81. The Morgan fingerprint density at radius 3 is 2.53 bits per heavy atom. The molecule has 6 heteroatoms. The fourth-order valence-corrected chi connectivity index (χ4v) is 3.26. The van der Waals surface area contributed by atoms with Crippen molar-refractivity contribution in [1.29, 1.82) is 0 Å². The summed E-state index contributed by atoms with van der Waals surface area (Å²) in [5.74, 6) is 0.784. The van der Waals surface area contributed by atoms with E-state index in [-0.39, 0.29) is 0 Å². The first kappa shape index (κ1) is 14.6. The SMILES string of the molecule is Cn1ccc(COc2c(Br)cc(CCN)cc2Br)n1. The van der Waals surface area contributed by atoms with Gasteiger partial charge in [-0.1, -0.05) is 0 Å². The van der Waals surface area contributed by atoms with Gasteiger partial charge in [-0.05, 0) is 68.6 Å². The van der Waals surface area contributed by atoms with E-state index in [1.807, 2.05) is 31.4 Å². The highest BCUT2D eigenvalue weighted by Gasteiger charge is 2.10. The second-order valence-corrected chi connectivity index (χ2v) is 5.91. The molecule has 0 aliphatic heterocycles. The topological polar surface area (TPSA) is 53.1 Å². The van der Waals surface area contributed by atoms with Crippen molar-refractivity contribution in [2.24, 2.45) is 12.8 Å². The average molecular weight is 389 g/mol. The second kappa shape index (κ2) is 6.54. The summed E-state index contributed by atoms with van der Waals surface area (Å²) in [5.41, 5.74) is 7.63. The van der Waals surface area contributed by atoms with Crippen LogP contribution in [0.1, 0.15) is 11.3 Å². The van der Waals surface area contributed by atoms with E-state index in [1.165, 1.54) is 5.56 Å². The highest BCUT2D eigenvalue weighted by atomic mass is 79.9. The molecule has 0 unspecified atom stereocenters. The fraction of sp³-hybridized carbons (Fsp3) is 0.308. The lowest BCUT2D eigenvalue weighted by atomic mass is 10.1. The van der Waals surface area contributed by atoms with Crippen LogP contribution in [-0.4, -0.2) is 16.3 Å². The van der Waals surface area contributed by atoms with Gasteiger partial charge in [-0.2, -0.15) is 5.10 Å². The highest BCUT2D eigenvalue weighted by Crippen LogP contribution is 2.35. The molecule has 1 heterocycles. The molecule has 0 fully saturated rings. The zero-order valence-corrected chi connectivity index (χ0v) is 13.7. The number of hydrogen-bond donors (Lipinski definition) is 1. The summed E-state index contributed by atoms with van der Waals surface area (Å²) in [7, 11) is 1.89. The summed E-state index contributed by atoms with van der Waals surface area (Å²) >= 11 is 7.05. The van der Waals surface area contributed by atoms with Crippen LogP contribution >= 0.6 is 31.9 Å². The van der Waals surface area contributed by atoms with Crippen LogP contribution in [0.15, 0.2) is 33.3 Å². The Morgan fingerprint density at radius 2 is 2.00 bits per heavy atom. The Bertz CT molecular complexity index is 546. The van der Waals surface area contributed by atoms with Crippen molar-refractivity contribution in [1.82, 2.24) is 9.78 Å². The second-order valence-electron chi connectivity index (χ2n) is 4.20. The molecule has 0 aliphatic carbocycles. The average Bonchev–Trinajstić information content (AvgIpc) is 2.74. The van der Waals surface area contributed by atoms with Crippen molar-refractivity contribution in [3.8, 4) is 5.75 Å². The van der Waals surface area contributed by atoms with E-state index in [9.17, 15) is 0 Å². The molecule has 1 aromatic carbocycles. The monoisotopic (exact) mass is 387 g/mol. The Labute approximate surface area is 129 Å². The van der Waals surface area contributed by atoms with Gasteiger partial charge in [0.15, 0.2) is 0 Å². The lowest BCUT2D eigenvalue weighted by Crippen LogP contribution is -2.04. The number of hydrogen-bond acceptors (Lipinski definition) is 3. The number of halogens is 2. The number of aromatic nitrogens is 2. The number of aryl methyl sites for hydroxylation is 1. The summed E-state index contributed by atoms with van der Waals surface area (Å²) in [6, 6.07) is 6.00. The van der Waals surface area contributed by atoms with Gasteiger partial charge in [0.05, 0.1) is 14.6 Å². The molecule has 2 aromatic rings. The smallest absolute Gasteiger partial charge is 0.148 e. The minimum Gasteiger partial charge on any atom is -0.485 e. The number of nitrogens with zero attached hydrogens (tertiary/aromatic N) is 2. The predicted octanol–water partition coefficient (Wildman–Crippen LogP) is 3.03. The zero-order chi connectivity index (χ0) is 13.8. The third-order valence-corrected chi connectivity index (χ3v) is 3.80. The maximum Gasteiger partial charge on any atom is 0.148 e. The van der Waals surface area contributed by atoms with Gasteiger partial charge in [0.1, 0.15) is 12.4 Å². The van der Waals surface area contributed by atoms with E-state index in [4.69, 9.17) is 10.5 Å². The molecular weight excluding hydrogens is 374 g/mol. The summed E-state index contributed by atoms with van der Waals surface area (Å²) in [6.45, 7) is 1.07. The molecule has 0 saturated carbocycles. The molecule has 0 amide bonds. The first-order valence-corrected chi connectivity index (χ1v) is 7.48. The van der Waals surface area contributed by atoms with Gasteiger partial charge in [0.2, 0.25) is 0 Å². The number of ether oxygens (including phenoxy) is 1. The van der Waals surface area contributed by atoms with Crippen LogP contribution in [0.2, 0.25) is 0 Å². The zero-order valence-electron chi connectivity index (χ0n) is 10.6. The molecule has 2 N–H and O–H groups in total. The van der Waals surface area contributed by atoms with Crippen LogP contribution in [-0.2, 0) is 20.1 Å². The Balaban J connectivity index is 2.11. The maximum atomic E-state index is 5.80. The molecule has 0 atom stereocenters. The van der Waals surface area contributed by atoms with Crippen LogP contribution in [0.3, 0.4) is 0 Å². The van der Waals surface area contributed by atoms with Crippen molar-refractivity contribution < 1.29 is 4.74 Å². The minimum atomic E-state index is 0.439. The first-order chi connectivity index (χ1) is 9.10. The van der Waals surface area contributed by atoms with E-state index >= 15 is 0 Å². The maximum absolute atomic E-state index is 5.80. The van der Waals surface area contributed by atoms with E-state index < -0.39 is 0 Å². The summed E-state index contributed by atoms with van der Waals surface area (Å²) < 4.78 is 9.39. The Hall–Kier alpha value is -0.850. The van der Waals surface area contributed by atoms with Gasteiger partial charge in [-0.3, -0.25) is 4.68 Å². The minimum absolute atomic E-state index is 0.439. The molecule has 2 rings (SSSR count). The van der Waals surface area contributed by atoms with Crippen molar-refractivity contribution in [2.75, 3.05) is 6.54 Å². The van der Waals surface area contributed by atoms with Crippen molar-refractivity contribution >= 4 is 31.9 Å². The summed E-state index contributed by atoms with van der Waals surface area (Å²) in [5, 5.41) is 4.28. The fourth-order valence-electron chi connectivity index (χ4n) is 1.75. The highest BCUT2D eigenvalue weighted by molar-refractivity contribution is 9.11. The van der Waals surface area contributed by atoms with Gasteiger partial charge in [-0.25, -0.2) is 0 Å². The van der Waals surface area contributed by atoms with Crippen molar-refractivity contribution in [2.45, 2.75) is 13.0 Å². The van der Waals surface area contributed by atoms with E-state index in [2.05, 4.69) is 37.0 Å². The summed E-state index contributed by atoms with van der Waals surface area (Å²) in [6.07, 6.45) is 2.74. The van der Waals surface area contributed by atoms with Crippen molar-refractivity contribution in [3.05, 3.63) is 44.6 Å². The van der Waals surface area contributed by atoms with Gasteiger partial charge in [0.25, 0.3) is 0 Å². The quantitative estimate of drug-likeness (QED) is 0.856.